The molecule has 0 aliphatic heterocycles. The van der Waals surface area contributed by atoms with Crippen LogP contribution in [0.4, 0.5) is 9.93 Å². The Morgan fingerprint density at radius 3 is 2.87 bits per heavy atom. The Labute approximate surface area is 140 Å². The van der Waals surface area contributed by atoms with E-state index in [-0.39, 0.29) is 12.1 Å². The maximum atomic E-state index is 12.6. The van der Waals surface area contributed by atoms with E-state index >= 15 is 0 Å². The van der Waals surface area contributed by atoms with Crippen LogP contribution >= 0.6 is 11.3 Å². The summed E-state index contributed by atoms with van der Waals surface area (Å²) in [5.74, 6) is 0.815. The first-order valence-corrected chi connectivity index (χ1v) is 8.65. The number of carbonyl (C=O) groups excluding carboxylic acids is 1. The molecule has 23 heavy (non-hydrogen) atoms. The third kappa shape index (κ3) is 3.67. The van der Waals surface area contributed by atoms with Gasteiger partial charge in [0.15, 0.2) is 5.13 Å². The van der Waals surface area contributed by atoms with Crippen molar-refractivity contribution in [3.05, 3.63) is 35.2 Å². The van der Waals surface area contributed by atoms with Crippen LogP contribution < -0.4 is 10.2 Å². The van der Waals surface area contributed by atoms with E-state index in [1.807, 2.05) is 48.3 Å². The molecule has 124 valence electrons. The molecule has 1 aliphatic rings. The molecule has 1 atom stereocenters. The van der Waals surface area contributed by atoms with Gasteiger partial charge in [0, 0.05) is 25.5 Å². The minimum absolute atomic E-state index is 0.0594. The monoisotopic (exact) mass is 334 g/mol. The van der Waals surface area contributed by atoms with E-state index in [0.717, 1.165) is 29.4 Å². The smallest absolute Gasteiger partial charge is 0.318 e. The summed E-state index contributed by atoms with van der Waals surface area (Å²) in [7, 11) is 3.92. The van der Waals surface area contributed by atoms with Crippen molar-refractivity contribution in [2.24, 2.45) is 0 Å². The predicted molar refractivity (Wildman–Crippen MR) is 90.7 cm³/mol. The second kappa shape index (κ2) is 6.62. The van der Waals surface area contributed by atoms with Crippen molar-refractivity contribution in [3.63, 3.8) is 0 Å². The number of urea groups is 1. The normalized spacial score (nSPS) is 15.3. The molecule has 1 fully saturated rings. The van der Waals surface area contributed by atoms with Crippen molar-refractivity contribution in [3.8, 4) is 0 Å². The fraction of sp³-hybridized carbons (Fsp3) is 0.500. The third-order valence-corrected chi connectivity index (χ3v) is 4.95. The fourth-order valence-electron chi connectivity index (χ4n) is 2.52. The van der Waals surface area contributed by atoms with Gasteiger partial charge in [-0.2, -0.15) is 0 Å². The zero-order chi connectivity index (χ0) is 16.4. The highest BCUT2D eigenvalue weighted by Crippen LogP contribution is 2.34. The summed E-state index contributed by atoms with van der Waals surface area (Å²) in [5, 5.41) is 5.91. The molecule has 2 aromatic rings. The topological polar surface area (TPSA) is 61.6 Å². The molecule has 0 bridgehead atoms. The Morgan fingerprint density at radius 1 is 1.52 bits per heavy atom. The molecular formula is C16H22N4O2S. The highest BCUT2D eigenvalue weighted by atomic mass is 32.1. The SMILES string of the molecule is C[C@H](c1ccco1)N(C(=O)NCc1csc(N(C)C)n1)C1CC1. The molecule has 0 unspecified atom stereocenters. The van der Waals surface area contributed by atoms with Crippen LogP contribution in [0.2, 0.25) is 0 Å². The quantitative estimate of drug-likeness (QED) is 0.881. The van der Waals surface area contributed by atoms with E-state index in [1.165, 1.54) is 0 Å². The van der Waals surface area contributed by atoms with Gasteiger partial charge in [-0.3, -0.25) is 0 Å². The summed E-state index contributed by atoms with van der Waals surface area (Å²) in [5.41, 5.74) is 0.883. The van der Waals surface area contributed by atoms with E-state index in [9.17, 15) is 4.79 Å². The van der Waals surface area contributed by atoms with Gasteiger partial charge in [-0.15, -0.1) is 11.3 Å². The Kier molecular flexibility index (Phi) is 4.56. The van der Waals surface area contributed by atoms with Crippen molar-refractivity contribution < 1.29 is 9.21 Å². The largest absolute Gasteiger partial charge is 0.467 e. The van der Waals surface area contributed by atoms with Crippen LogP contribution in [0.15, 0.2) is 28.2 Å². The molecule has 1 aliphatic carbocycles. The van der Waals surface area contributed by atoms with Gasteiger partial charge in [0.05, 0.1) is 24.5 Å². The maximum Gasteiger partial charge on any atom is 0.318 e. The number of furan rings is 1. The number of nitrogens with one attached hydrogen (secondary N) is 1. The van der Waals surface area contributed by atoms with Gasteiger partial charge in [-0.05, 0) is 31.9 Å². The summed E-state index contributed by atoms with van der Waals surface area (Å²) < 4.78 is 5.46. The van der Waals surface area contributed by atoms with Gasteiger partial charge >= 0.3 is 6.03 Å². The molecule has 2 amide bonds. The van der Waals surface area contributed by atoms with Crippen molar-refractivity contribution in [1.82, 2.24) is 15.2 Å². The molecule has 2 aromatic heterocycles. The van der Waals surface area contributed by atoms with E-state index in [2.05, 4.69) is 10.3 Å². The lowest BCUT2D eigenvalue weighted by Gasteiger charge is -2.28. The summed E-state index contributed by atoms with van der Waals surface area (Å²) in [6.07, 6.45) is 3.76. The first kappa shape index (κ1) is 15.9. The molecule has 0 spiro atoms. The molecule has 7 heteroatoms. The van der Waals surface area contributed by atoms with Crippen LogP contribution in [0.1, 0.15) is 37.3 Å². The number of rotatable bonds is 6. The van der Waals surface area contributed by atoms with Crippen molar-refractivity contribution in [2.45, 2.75) is 38.4 Å². The van der Waals surface area contributed by atoms with Crippen LogP contribution in [0.5, 0.6) is 0 Å². The molecule has 0 aromatic carbocycles. The lowest BCUT2D eigenvalue weighted by Crippen LogP contribution is -2.42. The van der Waals surface area contributed by atoms with Crippen LogP contribution in [0.25, 0.3) is 0 Å². The van der Waals surface area contributed by atoms with Crippen LogP contribution in [-0.2, 0) is 6.54 Å². The molecule has 0 radical (unpaired) electrons. The third-order valence-electron chi connectivity index (χ3n) is 3.89. The number of hydrogen-bond donors (Lipinski definition) is 1. The zero-order valence-electron chi connectivity index (χ0n) is 13.7. The average molecular weight is 334 g/mol. The first-order chi connectivity index (χ1) is 11.1. The molecule has 1 N–H and O–H groups in total. The van der Waals surface area contributed by atoms with Crippen LogP contribution in [0, 0.1) is 0 Å². The van der Waals surface area contributed by atoms with Gasteiger partial charge in [0.1, 0.15) is 5.76 Å². The van der Waals surface area contributed by atoms with Crippen molar-refractivity contribution in [1.29, 1.82) is 0 Å². The Morgan fingerprint density at radius 2 is 2.30 bits per heavy atom. The standard InChI is InChI=1S/C16H22N4O2S/c1-11(14-5-4-8-22-14)20(13-6-7-13)15(21)17-9-12-10-23-16(18-12)19(2)3/h4-5,8,10-11,13H,6-7,9H2,1-3H3,(H,17,21)/t11-/m1/s1. The van der Waals surface area contributed by atoms with Crippen molar-refractivity contribution in [2.75, 3.05) is 19.0 Å². The maximum absolute atomic E-state index is 12.6. The molecule has 3 rings (SSSR count). The fourth-order valence-corrected chi connectivity index (χ4v) is 3.28. The van der Waals surface area contributed by atoms with Crippen LogP contribution in [0.3, 0.4) is 0 Å². The number of thiazole rings is 1. The summed E-state index contributed by atoms with van der Waals surface area (Å²) >= 11 is 1.58. The lowest BCUT2D eigenvalue weighted by molar-refractivity contribution is 0.166. The Bertz CT molecular complexity index is 649. The highest BCUT2D eigenvalue weighted by molar-refractivity contribution is 7.13. The second-order valence-corrected chi connectivity index (χ2v) is 6.84. The molecule has 2 heterocycles. The minimum Gasteiger partial charge on any atom is -0.467 e. The number of hydrogen-bond acceptors (Lipinski definition) is 5. The van der Waals surface area contributed by atoms with Gasteiger partial charge in [0.25, 0.3) is 0 Å². The van der Waals surface area contributed by atoms with E-state index < -0.39 is 0 Å². The Hall–Kier alpha value is -2.02. The number of aromatic nitrogens is 1. The molecule has 1 saturated carbocycles. The number of carbonyl (C=O) groups is 1. The van der Waals surface area contributed by atoms with Crippen molar-refractivity contribution >= 4 is 22.5 Å². The van der Waals surface area contributed by atoms with E-state index in [1.54, 1.807) is 17.6 Å². The first-order valence-electron chi connectivity index (χ1n) is 7.77. The summed E-state index contributed by atoms with van der Waals surface area (Å²) in [4.78, 5) is 21.0. The molecule has 0 saturated heterocycles. The average Bonchev–Trinajstić information content (AvgIpc) is 3.05. The zero-order valence-corrected chi connectivity index (χ0v) is 14.5. The lowest BCUT2D eigenvalue weighted by atomic mass is 10.2. The summed E-state index contributed by atoms with van der Waals surface area (Å²) in [6, 6.07) is 3.95. The number of nitrogens with zero attached hydrogens (tertiary/aromatic N) is 3. The number of anilines is 1. The molecule has 6 nitrogen and oxygen atoms in total. The van der Waals surface area contributed by atoms with Gasteiger partial charge in [-0.25, -0.2) is 9.78 Å². The Balaban J connectivity index is 1.62. The molecular weight excluding hydrogens is 312 g/mol. The second-order valence-electron chi connectivity index (χ2n) is 6.00. The van der Waals surface area contributed by atoms with E-state index in [4.69, 9.17) is 4.42 Å². The van der Waals surface area contributed by atoms with Gasteiger partial charge in [0.2, 0.25) is 0 Å². The minimum atomic E-state index is -0.0646. The predicted octanol–water partition coefficient (Wildman–Crippen LogP) is 3.24. The van der Waals surface area contributed by atoms with Gasteiger partial charge < -0.3 is 19.5 Å². The van der Waals surface area contributed by atoms with E-state index in [0.29, 0.717) is 12.6 Å². The number of amides is 2. The van der Waals surface area contributed by atoms with Crippen LogP contribution in [-0.4, -0.2) is 36.1 Å². The highest BCUT2D eigenvalue weighted by Gasteiger charge is 2.37. The summed E-state index contributed by atoms with van der Waals surface area (Å²) in [6.45, 7) is 2.45. The van der Waals surface area contributed by atoms with Gasteiger partial charge in [-0.1, -0.05) is 0 Å².